The first-order chi connectivity index (χ1) is 5.77. The molecule has 0 atom stereocenters. The summed E-state index contributed by atoms with van der Waals surface area (Å²) in [6.45, 7) is 0.525. The van der Waals surface area contributed by atoms with E-state index in [1.54, 1.807) is 6.07 Å². The summed E-state index contributed by atoms with van der Waals surface area (Å²) in [6.07, 6.45) is 0.566. The molecule has 0 radical (unpaired) electrons. The molecule has 2 nitrogen and oxygen atoms in total. The Morgan fingerprint density at radius 2 is 2.25 bits per heavy atom. The monoisotopic (exact) mass is 165 g/mol. The van der Waals surface area contributed by atoms with Crippen molar-refractivity contribution in [2.24, 2.45) is 0 Å². The van der Waals surface area contributed by atoms with Gasteiger partial charge in [-0.3, -0.25) is 0 Å². The van der Waals surface area contributed by atoms with Crippen LogP contribution in [0.5, 0.6) is 5.75 Å². The first-order valence-electron chi connectivity index (χ1n) is 3.77. The zero-order valence-corrected chi connectivity index (χ0v) is 6.43. The van der Waals surface area contributed by atoms with Gasteiger partial charge in [-0.05, 0) is 18.2 Å². The summed E-state index contributed by atoms with van der Waals surface area (Å²) >= 11 is 0. The van der Waals surface area contributed by atoms with E-state index in [9.17, 15) is 4.39 Å². The first kappa shape index (κ1) is 7.28. The van der Waals surface area contributed by atoms with E-state index >= 15 is 0 Å². The fraction of sp³-hybridized carbons (Fsp3) is 0.222. The highest BCUT2D eigenvalue weighted by atomic mass is 19.1. The minimum atomic E-state index is -0.316. The second kappa shape index (κ2) is 2.59. The minimum absolute atomic E-state index is 0.316. The Balaban J connectivity index is 2.54. The standard InChI is InChI=1S/C9H8FNO/c10-6-1-2-9-7(5-6)8(11)3-4-12-9/h1-2,5,11H,3-4H2. The molecule has 1 aliphatic rings. The highest BCUT2D eigenvalue weighted by molar-refractivity contribution is 6.01. The van der Waals surface area contributed by atoms with Crippen molar-refractivity contribution in [1.82, 2.24) is 0 Å². The molecule has 0 spiro atoms. The number of fused-ring (bicyclic) bond motifs is 1. The van der Waals surface area contributed by atoms with Crippen LogP contribution in [0.15, 0.2) is 18.2 Å². The van der Waals surface area contributed by atoms with Crippen molar-refractivity contribution in [2.45, 2.75) is 6.42 Å². The third kappa shape index (κ3) is 1.07. The summed E-state index contributed by atoms with van der Waals surface area (Å²) in [5.74, 6) is 0.302. The van der Waals surface area contributed by atoms with E-state index in [-0.39, 0.29) is 5.82 Å². The molecule has 1 N–H and O–H groups in total. The minimum Gasteiger partial charge on any atom is -0.492 e. The summed E-state index contributed by atoms with van der Waals surface area (Å²) in [5, 5.41) is 7.52. The lowest BCUT2D eigenvalue weighted by Gasteiger charge is -2.17. The number of ether oxygens (including phenoxy) is 1. The van der Waals surface area contributed by atoms with Crippen LogP contribution in [0.2, 0.25) is 0 Å². The quantitative estimate of drug-likeness (QED) is 0.626. The molecule has 0 saturated heterocycles. The van der Waals surface area contributed by atoms with E-state index in [1.807, 2.05) is 0 Å². The summed E-state index contributed by atoms with van der Waals surface area (Å²) in [4.78, 5) is 0. The predicted octanol–water partition coefficient (Wildman–Crippen LogP) is 1.98. The molecule has 0 amide bonds. The number of hydrogen-bond acceptors (Lipinski definition) is 2. The van der Waals surface area contributed by atoms with Crippen LogP contribution in [0.25, 0.3) is 0 Å². The Morgan fingerprint density at radius 3 is 3.08 bits per heavy atom. The van der Waals surface area contributed by atoms with Crippen LogP contribution >= 0.6 is 0 Å². The largest absolute Gasteiger partial charge is 0.492 e. The van der Waals surface area contributed by atoms with Gasteiger partial charge in [-0.2, -0.15) is 0 Å². The van der Waals surface area contributed by atoms with Crippen molar-refractivity contribution in [2.75, 3.05) is 6.61 Å². The van der Waals surface area contributed by atoms with Gasteiger partial charge in [0.25, 0.3) is 0 Å². The second-order valence-corrected chi connectivity index (χ2v) is 2.72. The Hall–Kier alpha value is -1.38. The molecule has 0 bridgehead atoms. The molecule has 1 aromatic carbocycles. The van der Waals surface area contributed by atoms with Crippen molar-refractivity contribution < 1.29 is 9.13 Å². The van der Waals surface area contributed by atoms with E-state index in [2.05, 4.69) is 0 Å². The molecule has 0 aromatic heterocycles. The third-order valence-electron chi connectivity index (χ3n) is 1.88. The molecule has 2 rings (SSSR count). The lowest BCUT2D eigenvalue weighted by molar-refractivity contribution is 0.319. The van der Waals surface area contributed by atoms with Crippen molar-refractivity contribution in [3.63, 3.8) is 0 Å². The van der Waals surface area contributed by atoms with Crippen LogP contribution in [0, 0.1) is 11.2 Å². The summed E-state index contributed by atoms with van der Waals surface area (Å²) < 4.78 is 18.0. The number of hydrogen-bond donors (Lipinski definition) is 1. The van der Waals surface area contributed by atoms with Gasteiger partial charge in [0.05, 0.1) is 6.61 Å². The first-order valence-corrected chi connectivity index (χ1v) is 3.77. The Kier molecular flexibility index (Phi) is 1.57. The smallest absolute Gasteiger partial charge is 0.128 e. The highest BCUT2D eigenvalue weighted by Gasteiger charge is 2.15. The van der Waals surface area contributed by atoms with Crippen LogP contribution in [-0.4, -0.2) is 12.3 Å². The van der Waals surface area contributed by atoms with Gasteiger partial charge in [0.1, 0.15) is 11.6 Å². The van der Waals surface area contributed by atoms with Gasteiger partial charge in [0.2, 0.25) is 0 Å². The fourth-order valence-corrected chi connectivity index (χ4v) is 1.26. The normalized spacial score (nSPS) is 15.2. The van der Waals surface area contributed by atoms with E-state index in [4.69, 9.17) is 10.1 Å². The van der Waals surface area contributed by atoms with Crippen molar-refractivity contribution in [3.05, 3.63) is 29.6 Å². The lowest BCUT2D eigenvalue weighted by atomic mass is 10.0. The molecule has 1 aromatic rings. The molecule has 0 unspecified atom stereocenters. The van der Waals surface area contributed by atoms with Crippen molar-refractivity contribution in [1.29, 1.82) is 5.41 Å². The summed E-state index contributed by atoms with van der Waals surface area (Å²) in [5.41, 5.74) is 1.04. The molecule has 0 saturated carbocycles. The molecule has 3 heteroatoms. The van der Waals surface area contributed by atoms with Crippen LogP contribution in [0.3, 0.4) is 0 Å². The van der Waals surface area contributed by atoms with Gasteiger partial charge in [0.15, 0.2) is 0 Å². The number of rotatable bonds is 0. The van der Waals surface area contributed by atoms with E-state index < -0.39 is 0 Å². The van der Waals surface area contributed by atoms with E-state index in [0.29, 0.717) is 30.1 Å². The Labute approximate surface area is 69.5 Å². The predicted molar refractivity (Wildman–Crippen MR) is 43.3 cm³/mol. The average molecular weight is 165 g/mol. The van der Waals surface area contributed by atoms with Crippen LogP contribution in [0.1, 0.15) is 12.0 Å². The van der Waals surface area contributed by atoms with Gasteiger partial charge in [-0.25, -0.2) is 4.39 Å². The third-order valence-corrected chi connectivity index (χ3v) is 1.88. The fourth-order valence-electron chi connectivity index (χ4n) is 1.26. The highest BCUT2D eigenvalue weighted by Crippen LogP contribution is 2.24. The molecule has 1 heterocycles. The molecule has 0 fully saturated rings. The number of nitrogens with one attached hydrogen (secondary N) is 1. The van der Waals surface area contributed by atoms with Crippen molar-refractivity contribution >= 4 is 5.71 Å². The van der Waals surface area contributed by atoms with Gasteiger partial charge in [-0.1, -0.05) is 0 Å². The van der Waals surface area contributed by atoms with E-state index in [1.165, 1.54) is 12.1 Å². The van der Waals surface area contributed by atoms with Crippen LogP contribution in [-0.2, 0) is 0 Å². The molecule has 0 aliphatic carbocycles. The van der Waals surface area contributed by atoms with Gasteiger partial charge >= 0.3 is 0 Å². The van der Waals surface area contributed by atoms with Gasteiger partial charge < -0.3 is 10.1 Å². The average Bonchev–Trinajstić information content (AvgIpc) is 2.07. The maximum absolute atomic E-state index is 12.7. The summed E-state index contributed by atoms with van der Waals surface area (Å²) in [6, 6.07) is 4.26. The maximum atomic E-state index is 12.7. The summed E-state index contributed by atoms with van der Waals surface area (Å²) in [7, 11) is 0. The SMILES string of the molecule is N=C1CCOc2ccc(F)cc21. The molecule has 1 aliphatic heterocycles. The van der Waals surface area contributed by atoms with Crippen LogP contribution < -0.4 is 4.74 Å². The molecular formula is C9H8FNO. The molecular weight excluding hydrogens is 157 g/mol. The topological polar surface area (TPSA) is 33.1 Å². The Bertz CT molecular complexity index is 335. The maximum Gasteiger partial charge on any atom is 0.128 e. The zero-order chi connectivity index (χ0) is 8.55. The lowest BCUT2D eigenvalue weighted by Crippen LogP contribution is -2.15. The zero-order valence-electron chi connectivity index (χ0n) is 6.43. The van der Waals surface area contributed by atoms with Crippen molar-refractivity contribution in [3.8, 4) is 5.75 Å². The molecule has 62 valence electrons. The van der Waals surface area contributed by atoms with Crippen LogP contribution in [0.4, 0.5) is 4.39 Å². The van der Waals surface area contributed by atoms with Gasteiger partial charge in [0, 0.05) is 17.7 Å². The van der Waals surface area contributed by atoms with Gasteiger partial charge in [-0.15, -0.1) is 0 Å². The number of halogens is 1. The number of benzene rings is 1. The van der Waals surface area contributed by atoms with E-state index in [0.717, 1.165) is 0 Å². The Morgan fingerprint density at radius 1 is 1.42 bits per heavy atom. The molecule has 12 heavy (non-hydrogen) atoms. The second-order valence-electron chi connectivity index (χ2n) is 2.72.